The molecule has 1 unspecified atom stereocenters. The van der Waals surface area contributed by atoms with Crippen molar-refractivity contribution in [2.24, 2.45) is 0 Å². The summed E-state index contributed by atoms with van der Waals surface area (Å²) < 4.78 is 108. The quantitative estimate of drug-likeness (QED) is 0.200. The van der Waals surface area contributed by atoms with Crippen molar-refractivity contribution in [3.63, 3.8) is 0 Å². The summed E-state index contributed by atoms with van der Waals surface area (Å²) in [4.78, 5) is 0. The molecular formula is C13H14BF7O2P. The molecule has 1 radical (unpaired) electrons. The summed E-state index contributed by atoms with van der Waals surface area (Å²) in [6, 6.07) is 0. The lowest BCUT2D eigenvalue weighted by Gasteiger charge is -2.32. The van der Waals surface area contributed by atoms with Crippen molar-refractivity contribution in [3.05, 3.63) is 34.6 Å². The normalized spacial score (nSPS) is 13.9. The first kappa shape index (κ1) is 21.0. The molecule has 0 amide bonds. The van der Waals surface area contributed by atoms with E-state index in [1.165, 1.54) is 13.8 Å². The highest BCUT2D eigenvalue weighted by Gasteiger charge is 2.41. The van der Waals surface area contributed by atoms with Gasteiger partial charge in [-0.05, 0) is 18.7 Å². The van der Waals surface area contributed by atoms with Crippen molar-refractivity contribution >= 4 is 15.3 Å². The molecule has 0 spiro atoms. The SMILES string of the molecule is CCC([B]C(C)c1c(F)c(F)c(F)c(F)c1F)(CC)OP(=O)(F)F. The van der Waals surface area contributed by atoms with Crippen LogP contribution in [0, 0.1) is 29.1 Å². The molecule has 0 N–H and O–H groups in total. The van der Waals surface area contributed by atoms with Crippen LogP contribution in [0.15, 0.2) is 0 Å². The Labute approximate surface area is 135 Å². The number of hydrogen-bond acceptors (Lipinski definition) is 2. The van der Waals surface area contributed by atoms with Crippen LogP contribution in [0.1, 0.15) is 45.0 Å². The van der Waals surface area contributed by atoms with E-state index in [0.29, 0.717) is 0 Å². The molecule has 0 bridgehead atoms. The summed E-state index contributed by atoms with van der Waals surface area (Å²) in [7, 11) is -5.07. The molecule has 11 heteroatoms. The van der Waals surface area contributed by atoms with E-state index < -0.39 is 54.0 Å². The lowest BCUT2D eigenvalue weighted by Crippen LogP contribution is -2.40. The van der Waals surface area contributed by atoms with Crippen LogP contribution in [-0.4, -0.2) is 12.8 Å². The molecule has 0 aliphatic carbocycles. The van der Waals surface area contributed by atoms with Crippen LogP contribution in [0.25, 0.3) is 0 Å². The number of hydrogen-bond donors (Lipinski definition) is 0. The van der Waals surface area contributed by atoms with Crippen molar-refractivity contribution in [3.8, 4) is 0 Å². The lowest BCUT2D eigenvalue weighted by atomic mass is 9.49. The summed E-state index contributed by atoms with van der Waals surface area (Å²) in [6.45, 7) is 3.84. The van der Waals surface area contributed by atoms with E-state index in [0.717, 1.165) is 14.2 Å². The van der Waals surface area contributed by atoms with E-state index in [9.17, 15) is 34.9 Å². The van der Waals surface area contributed by atoms with Gasteiger partial charge in [-0.15, -0.1) is 8.39 Å². The topological polar surface area (TPSA) is 26.3 Å². The molecule has 1 atom stereocenters. The summed E-state index contributed by atoms with van der Waals surface area (Å²) in [6.07, 6.45) is -0.303. The van der Waals surface area contributed by atoms with Gasteiger partial charge < -0.3 is 0 Å². The van der Waals surface area contributed by atoms with E-state index in [4.69, 9.17) is 0 Å². The van der Waals surface area contributed by atoms with Crippen LogP contribution in [0.3, 0.4) is 0 Å². The van der Waals surface area contributed by atoms with E-state index in [1.807, 2.05) is 0 Å². The average Bonchev–Trinajstić information content (AvgIpc) is 2.49. The monoisotopic (exact) mass is 377 g/mol. The van der Waals surface area contributed by atoms with Gasteiger partial charge in [-0.1, -0.05) is 20.8 Å². The fourth-order valence-corrected chi connectivity index (χ4v) is 3.16. The maximum Gasteiger partial charge on any atom is 0.551 e. The summed E-state index contributed by atoms with van der Waals surface area (Å²) in [5.41, 5.74) is -3.02. The van der Waals surface area contributed by atoms with Gasteiger partial charge in [-0.3, -0.25) is 4.52 Å². The first-order valence-electron chi connectivity index (χ1n) is 6.96. The van der Waals surface area contributed by atoms with E-state index in [-0.39, 0.29) is 12.8 Å². The van der Waals surface area contributed by atoms with Crippen molar-refractivity contribution in [1.29, 1.82) is 0 Å². The molecule has 0 aliphatic heterocycles. The predicted octanol–water partition coefficient (Wildman–Crippen LogP) is 5.73. The van der Waals surface area contributed by atoms with Gasteiger partial charge in [-0.25, -0.2) is 26.5 Å². The Balaban J connectivity index is 3.32. The highest BCUT2D eigenvalue weighted by atomic mass is 31.2. The molecule has 0 aromatic heterocycles. The second-order valence-electron chi connectivity index (χ2n) is 5.22. The van der Waals surface area contributed by atoms with Crippen molar-refractivity contribution < 1.29 is 39.4 Å². The molecule has 2 nitrogen and oxygen atoms in total. The van der Waals surface area contributed by atoms with Crippen LogP contribution in [-0.2, 0) is 9.09 Å². The second kappa shape index (κ2) is 7.48. The van der Waals surface area contributed by atoms with Gasteiger partial charge in [0.25, 0.3) is 0 Å². The summed E-state index contributed by atoms with van der Waals surface area (Å²) in [5, 5.41) is 0. The average molecular weight is 377 g/mol. The molecule has 1 aromatic rings. The number of benzene rings is 1. The van der Waals surface area contributed by atoms with Gasteiger partial charge in [0.05, 0.1) is 0 Å². The summed E-state index contributed by atoms with van der Waals surface area (Å²) >= 11 is 0. The van der Waals surface area contributed by atoms with Crippen LogP contribution in [0.2, 0.25) is 0 Å². The van der Waals surface area contributed by atoms with Gasteiger partial charge >= 0.3 is 7.99 Å². The molecular weight excluding hydrogens is 363 g/mol. The molecule has 0 saturated carbocycles. The maximum absolute atomic E-state index is 13.8. The fourth-order valence-electron chi connectivity index (χ4n) is 2.42. The smallest absolute Gasteiger partial charge is 0.283 e. The predicted molar refractivity (Wildman–Crippen MR) is 74.6 cm³/mol. The zero-order valence-corrected chi connectivity index (χ0v) is 13.9. The van der Waals surface area contributed by atoms with Crippen molar-refractivity contribution in [2.75, 3.05) is 0 Å². The van der Waals surface area contributed by atoms with Crippen molar-refractivity contribution in [2.45, 2.75) is 44.9 Å². The minimum atomic E-state index is -5.95. The zero-order chi connectivity index (χ0) is 18.9. The van der Waals surface area contributed by atoms with Crippen LogP contribution < -0.4 is 0 Å². The third-order valence-corrected chi connectivity index (χ3v) is 4.31. The van der Waals surface area contributed by atoms with Gasteiger partial charge in [0.2, 0.25) is 5.82 Å². The van der Waals surface area contributed by atoms with Gasteiger partial charge in [-0.2, -0.15) is 0 Å². The van der Waals surface area contributed by atoms with Crippen LogP contribution in [0.4, 0.5) is 30.3 Å². The van der Waals surface area contributed by atoms with E-state index in [1.54, 1.807) is 0 Å². The third kappa shape index (κ3) is 4.33. The van der Waals surface area contributed by atoms with Crippen molar-refractivity contribution in [1.82, 2.24) is 0 Å². The van der Waals surface area contributed by atoms with Gasteiger partial charge in [0.15, 0.2) is 30.5 Å². The highest BCUT2D eigenvalue weighted by Crippen LogP contribution is 2.55. The largest absolute Gasteiger partial charge is 0.551 e. The third-order valence-electron chi connectivity index (χ3n) is 3.74. The molecule has 1 aromatic carbocycles. The van der Waals surface area contributed by atoms with Gasteiger partial charge in [0, 0.05) is 11.1 Å². The maximum atomic E-state index is 13.8. The highest BCUT2D eigenvalue weighted by molar-refractivity contribution is 7.47. The second-order valence-corrected chi connectivity index (χ2v) is 6.23. The molecule has 0 saturated heterocycles. The Bertz CT molecular complexity index is 631. The van der Waals surface area contributed by atoms with Crippen LogP contribution >= 0.6 is 7.99 Å². The first-order chi connectivity index (χ1) is 10.9. The minimum Gasteiger partial charge on any atom is -0.283 e. The minimum absolute atomic E-state index is 0.152. The molecule has 1 rings (SSSR count). The van der Waals surface area contributed by atoms with Gasteiger partial charge in [0.1, 0.15) is 0 Å². The van der Waals surface area contributed by atoms with E-state index in [2.05, 4.69) is 4.52 Å². The fraction of sp³-hybridized carbons (Fsp3) is 0.538. The Morgan fingerprint density at radius 2 is 1.33 bits per heavy atom. The summed E-state index contributed by atoms with van der Waals surface area (Å²) in [5.74, 6) is -12.2. The Kier molecular flexibility index (Phi) is 6.55. The number of rotatable bonds is 7. The molecule has 24 heavy (non-hydrogen) atoms. The standard InChI is InChI=1S/C13H14BF7O2P/c1-4-13(5-2,23-24(20,21)22)14-6(3)7-8(15)10(17)12(19)11(18)9(7)16/h6H,4-5H2,1-3H3. The Morgan fingerprint density at radius 3 is 1.67 bits per heavy atom. The molecule has 135 valence electrons. The first-order valence-corrected chi connectivity index (χ1v) is 8.37. The Hall–Kier alpha value is -1.02. The number of halogens is 7. The molecule has 0 aliphatic rings. The molecule has 0 fully saturated rings. The lowest BCUT2D eigenvalue weighted by molar-refractivity contribution is 0.117. The van der Waals surface area contributed by atoms with E-state index >= 15 is 0 Å². The van der Waals surface area contributed by atoms with Crippen LogP contribution in [0.5, 0.6) is 0 Å². The zero-order valence-electron chi connectivity index (χ0n) is 13.0. The Morgan fingerprint density at radius 1 is 0.958 bits per heavy atom. The molecule has 0 heterocycles.